The summed E-state index contributed by atoms with van der Waals surface area (Å²) in [5.41, 5.74) is 0.785. The van der Waals surface area contributed by atoms with Crippen molar-refractivity contribution in [1.82, 2.24) is 0 Å². The van der Waals surface area contributed by atoms with Gasteiger partial charge >= 0.3 is 0 Å². The van der Waals surface area contributed by atoms with E-state index in [0.717, 1.165) is 11.6 Å². The molecule has 0 saturated carbocycles. The lowest BCUT2D eigenvalue weighted by Crippen LogP contribution is -2.30. The fourth-order valence-corrected chi connectivity index (χ4v) is 4.41. The number of benzene rings is 3. The van der Waals surface area contributed by atoms with Crippen molar-refractivity contribution in [2.24, 2.45) is 0 Å². The molecule has 0 aliphatic rings. The number of nitrogens with zero attached hydrogens (tertiary/aromatic N) is 2. The van der Waals surface area contributed by atoms with Crippen LogP contribution >= 0.6 is 0 Å². The van der Waals surface area contributed by atoms with E-state index in [1.165, 1.54) is 36.7 Å². The summed E-state index contributed by atoms with van der Waals surface area (Å²) in [6.45, 7) is 0.0291. The molecule has 0 fully saturated rings. The number of sulfonamides is 1. The van der Waals surface area contributed by atoms with E-state index >= 15 is 0 Å². The molecular weight excluding hydrogens is 408 g/mol. The lowest BCUT2D eigenvalue weighted by Gasteiger charge is -2.25. The second-order valence-corrected chi connectivity index (χ2v) is 8.15. The standard InChI is InChI=1S/C21H20N2O6S/c1-28-20-12-11-17(14-21(20)29-2)22(15-16-7-4-3-5-8-16)30(26,27)19-10-6-9-18(13-19)23(24)25/h3-14H,15H2,1-2H3. The van der Waals surface area contributed by atoms with Crippen LogP contribution in [0.5, 0.6) is 11.5 Å². The highest BCUT2D eigenvalue weighted by molar-refractivity contribution is 7.92. The number of anilines is 1. The van der Waals surface area contributed by atoms with Gasteiger partial charge in [0.05, 0.1) is 36.3 Å². The zero-order valence-corrected chi connectivity index (χ0v) is 17.2. The number of methoxy groups -OCH3 is 2. The Hall–Kier alpha value is -3.59. The minimum atomic E-state index is -4.12. The number of ether oxygens (including phenoxy) is 2. The van der Waals surface area contributed by atoms with Crippen molar-refractivity contribution in [2.45, 2.75) is 11.4 Å². The van der Waals surface area contributed by atoms with Crippen LogP contribution in [0.2, 0.25) is 0 Å². The van der Waals surface area contributed by atoms with Gasteiger partial charge in [0.2, 0.25) is 0 Å². The minimum Gasteiger partial charge on any atom is -0.493 e. The van der Waals surface area contributed by atoms with E-state index < -0.39 is 14.9 Å². The average molecular weight is 428 g/mol. The van der Waals surface area contributed by atoms with Gasteiger partial charge in [-0.25, -0.2) is 8.42 Å². The maximum atomic E-state index is 13.5. The van der Waals surface area contributed by atoms with Gasteiger partial charge in [0.15, 0.2) is 11.5 Å². The summed E-state index contributed by atoms with van der Waals surface area (Å²) in [6, 6.07) is 18.8. The number of hydrogen-bond acceptors (Lipinski definition) is 6. The van der Waals surface area contributed by atoms with Crippen molar-refractivity contribution in [1.29, 1.82) is 0 Å². The third-order valence-electron chi connectivity index (χ3n) is 4.44. The first-order chi connectivity index (χ1) is 14.4. The van der Waals surface area contributed by atoms with Gasteiger partial charge in [-0.2, -0.15) is 0 Å². The lowest BCUT2D eigenvalue weighted by molar-refractivity contribution is -0.385. The van der Waals surface area contributed by atoms with E-state index in [1.807, 2.05) is 18.2 Å². The number of hydrogen-bond donors (Lipinski definition) is 0. The molecule has 0 amide bonds. The van der Waals surface area contributed by atoms with Gasteiger partial charge in [-0.05, 0) is 23.8 Å². The molecule has 0 aliphatic carbocycles. The van der Waals surface area contributed by atoms with E-state index in [9.17, 15) is 18.5 Å². The highest BCUT2D eigenvalue weighted by Crippen LogP contribution is 2.35. The van der Waals surface area contributed by atoms with Crippen LogP contribution in [0.4, 0.5) is 11.4 Å². The van der Waals surface area contributed by atoms with Crippen molar-refractivity contribution in [2.75, 3.05) is 18.5 Å². The fraction of sp³-hybridized carbons (Fsp3) is 0.143. The smallest absolute Gasteiger partial charge is 0.270 e. The fourth-order valence-electron chi connectivity index (χ4n) is 2.93. The highest BCUT2D eigenvalue weighted by atomic mass is 32.2. The molecule has 0 N–H and O–H groups in total. The van der Waals surface area contributed by atoms with Crippen LogP contribution < -0.4 is 13.8 Å². The topological polar surface area (TPSA) is 99.0 Å². The first-order valence-corrected chi connectivity index (χ1v) is 10.3. The third-order valence-corrected chi connectivity index (χ3v) is 6.21. The lowest BCUT2D eigenvalue weighted by atomic mass is 10.2. The van der Waals surface area contributed by atoms with Crippen LogP contribution in [0, 0.1) is 10.1 Å². The Morgan fingerprint density at radius 3 is 2.23 bits per heavy atom. The Labute approximate surface area is 174 Å². The van der Waals surface area contributed by atoms with Gasteiger partial charge in [-0.15, -0.1) is 0 Å². The Bertz CT molecular complexity index is 1150. The average Bonchev–Trinajstić information content (AvgIpc) is 2.77. The highest BCUT2D eigenvalue weighted by Gasteiger charge is 2.27. The molecule has 0 aromatic heterocycles. The minimum absolute atomic E-state index is 0.0291. The van der Waals surface area contributed by atoms with Gasteiger partial charge < -0.3 is 9.47 Å². The molecule has 0 heterocycles. The Kier molecular flexibility index (Phi) is 6.22. The SMILES string of the molecule is COc1ccc(N(Cc2ccccc2)S(=O)(=O)c2cccc([N+](=O)[O-])c2)cc1OC. The van der Waals surface area contributed by atoms with Crippen molar-refractivity contribution in [3.8, 4) is 11.5 Å². The van der Waals surface area contributed by atoms with Gasteiger partial charge in [-0.1, -0.05) is 36.4 Å². The largest absolute Gasteiger partial charge is 0.493 e. The second-order valence-electron chi connectivity index (χ2n) is 6.29. The molecule has 0 radical (unpaired) electrons. The predicted octanol–water partition coefficient (Wildman–Crippen LogP) is 4.01. The summed E-state index contributed by atoms with van der Waals surface area (Å²) >= 11 is 0. The number of rotatable bonds is 8. The van der Waals surface area contributed by atoms with Crippen molar-refractivity contribution in [3.63, 3.8) is 0 Å². The molecule has 3 aromatic carbocycles. The van der Waals surface area contributed by atoms with Crippen molar-refractivity contribution < 1.29 is 22.8 Å². The summed E-state index contributed by atoms with van der Waals surface area (Å²) in [5.74, 6) is 0.816. The Morgan fingerprint density at radius 1 is 0.900 bits per heavy atom. The molecule has 0 bridgehead atoms. The number of nitro groups is 1. The molecule has 0 saturated heterocycles. The van der Waals surface area contributed by atoms with E-state index in [1.54, 1.807) is 30.3 Å². The van der Waals surface area contributed by atoms with Crippen LogP contribution in [0.1, 0.15) is 5.56 Å². The molecule has 0 aliphatic heterocycles. The first kappa shape index (κ1) is 21.1. The van der Waals surface area contributed by atoms with Gasteiger partial charge in [0.1, 0.15) is 0 Å². The molecule has 0 spiro atoms. The molecule has 8 nitrogen and oxygen atoms in total. The van der Waals surface area contributed by atoms with E-state index in [0.29, 0.717) is 17.2 Å². The quantitative estimate of drug-likeness (QED) is 0.397. The Balaban J connectivity index is 2.14. The Morgan fingerprint density at radius 2 is 1.60 bits per heavy atom. The van der Waals surface area contributed by atoms with Crippen LogP contribution in [-0.4, -0.2) is 27.6 Å². The van der Waals surface area contributed by atoms with E-state index in [-0.39, 0.29) is 17.1 Å². The maximum absolute atomic E-state index is 13.5. The van der Waals surface area contributed by atoms with Gasteiger partial charge in [0, 0.05) is 18.2 Å². The zero-order valence-electron chi connectivity index (χ0n) is 16.4. The van der Waals surface area contributed by atoms with Crippen LogP contribution in [0.15, 0.2) is 77.7 Å². The summed E-state index contributed by atoms with van der Waals surface area (Å²) < 4.78 is 38.7. The summed E-state index contributed by atoms with van der Waals surface area (Å²) in [4.78, 5) is 10.3. The first-order valence-electron chi connectivity index (χ1n) is 8.90. The third kappa shape index (κ3) is 4.36. The maximum Gasteiger partial charge on any atom is 0.270 e. The van der Waals surface area contributed by atoms with Crippen LogP contribution in [-0.2, 0) is 16.6 Å². The van der Waals surface area contributed by atoms with Gasteiger partial charge in [0.25, 0.3) is 15.7 Å². The van der Waals surface area contributed by atoms with E-state index in [2.05, 4.69) is 0 Å². The van der Waals surface area contributed by atoms with Crippen molar-refractivity contribution >= 4 is 21.4 Å². The van der Waals surface area contributed by atoms with Gasteiger partial charge in [-0.3, -0.25) is 14.4 Å². The second kappa shape index (κ2) is 8.83. The normalized spacial score (nSPS) is 11.0. The predicted molar refractivity (Wildman–Crippen MR) is 112 cm³/mol. The molecule has 3 aromatic rings. The molecule has 30 heavy (non-hydrogen) atoms. The monoisotopic (exact) mass is 428 g/mol. The molecular formula is C21H20N2O6S. The molecule has 9 heteroatoms. The molecule has 0 atom stereocenters. The summed E-state index contributed by atoms with van der Waals surface area (Å²) in [5, 5.41) is 11.1. The van der Waals surface area contributed by atoms with Crippen LogP contribution in [0.3, 0.4) is 0 Å². The summed E-state index contributed by atoms with van der Waals surface area (Å²) in [7, 11) is -1.18. The zero-order chi connectivity index (χ0) is 21.7. The molecule has 0 unspecified atom stereocenters. The number of non-ortho nitro benzene ring substituents is 1. The van der Waals surface area contributed by atoms with Crippen LogP contribution in [0.25, 0.3) is 0 Å². The number of nitro benzene ring substituents is 1. The van der Waals surface area contributed by atoms with Crippen molar-refractivity contribution in [3.05, 3.63) is 88.5 Å². The van der Waals surface area contributed by atoms with E-state index in [4.69, 9.17) is 9.47 Å². The summed E-state index contributed by atoms with van der Waals surface area (Å²) in [6.07, 6.45) is 0. The molecule has 156 valence electrons. The molecule has 3 rings (SSSR count).